The van der Waals surface area contributed by atoms with Crippen LogP contribution in [0.1, 0.15) is 30.0 Å². The molecule has 2 atom stereocenters. The summed E-state index contributed by atoms with van der Waals surface area (Å²) in [4.78, 5) is 12.8. The number of nitrogens with zero attached hydrogens (tertiary/aromatic N) is 5. The van der Waals surface area contributed by atoms with Crippen LogP contribution in [0.15, 0.2) is 47.4 Å². The predicted molar refractivity (Wildman–Crippen MR) is 117 cm³/mol. The first kappa shape index (κ1) is 23.0. The zero-order valence-corrected chi connectivity index (χ0v) is 19.1. The number of anilines is 1. The number of tetrazole rings is 1. The fourth-order valence-electron chi connectivity index (χ4n) is 3.68. The van der Waals surface area contributed by atoms with E-state index in [0.29, 0.717) is 11.5 Å². The summed E-state index contributed by atoms with van der Waals surface area (Å²) < 4.78 is 49.0. The summed E-state index contributed by atoms with van der Waals surface area (Å²) in [5, 5.41) is 13.7. The van der Waals surface area contributed by atoms with Crippen LogP contribution in [-0.4, -0.2) is 64.1 Å². The molecule has 1 N–H and O–H groups in total. The van der Waals surface area contributed by atoms with Gasteiger partial charge in [-0.3, -0.25) is 4.79 Å². The fraction of sp³-hybridized carbons (Fsp3) is 0.333. The normalized spacial score (nSPS) is 19.4. The van der Waals surface area contributed by atoms with Crippen molar-refractivity contribution < 1.29 is 22.3 Å². The van der Waals surface area contributed by atoms with E-state index in [4.69, 9.17) is 4.74 Å². The van der Waals surface area contributed by atoms with Gasteiger partial charge in [0.25, 0.3) is 5.91 Å². The number of aryl methyl sites for hydroxylation is 1. The maximum atomic E-state index is 14.4. The van der Waals surface area contributed by atoms with Gasteiger partial charge in [-0.2, -0.15) is 8.99 Å². The van der Waals surface area contributed by atoms with E-state index in [1.54, 1.807) is 6.92 Å². The molecule has 33 heavy (non-hydrogen) atoms. The summed E-state index contributed by atoms with van der Waals surface area (Å²) in [6, 6.07) is 9.72. The molecule has 10 nitrogen and oxygen atoms in total. The van der Waals surface area contributed by atoms with Gasteiger partial charge in [0.2, 0.25) is 10.0 Å². The third kappa shape index (κ3) is 4.77. The number of morpholine rings is 1. The fourth-order valence-corrected chi connectivity index (χ4v) is 5.32. The summed E-state index contributed by atoms with van der Waals surface area (Å²) in [6.45, 7) is 5.74. The molecule has 2 aromatic carbocycles. The Morgan fingerprint density at radius 3 is 2.55 bits per heavy atom. The Hall–Kier alpha value is -3.22. The van der Waals surface area contributed by atoms with E-state index in [2.05, 4.69) is 20.8 Å². The highest BCUT2D eigenvalue weighted by atomic mass is 32.2. The monoisotopic (exact) mass is 474 g/mol. The Morgan fingerprint density at radius 1 is 1.15 bits per heavy atom. The summed E-state index contributed by atoms with van der Waals surface area (Å²) in [5.74, 6) is -0.818. The second kappa shape index (κ2) is 8.96. The predicted octanol–water partition coefficient (Wildman–Crippen LogP) is 2.16. The van der Waals surface area contributed by atoms with Gasteiger partial charge in [-0.15, -0.1) is 5.10 Å². The quantitative estimate of drug-likeness (QED) is 0.602. The van der Waals surface area contributed by atoms with Crippen molar-refractivity contribution in [2.24, 2.45) is 0 Å². The van der Waals surface area contributed by atoms with Gasteiger partial charge in [0.05, 0.1) is 28.5 Å². The van der Waals surface area contributed by atoms with Gasteiger partial charge in [-0.1, -0.05) is 6.07 Å². The van der Waals surface area contributed by atoms with Crippen LogP contribution in [0.4, 0.5) is 10.1 Å². The Labute approximate surface area is 190 Å². The molecule has 2 unspecified atom stereocenters. The lowest BCUT2D eigenvalue weighted by molar-refractivity contribution is -0.0440. The summed E-state index contributed by atoms with van der Waals surface area (Å²) in [6.07, 6.45) is -0.483. The third-order valence-electron chi connectivity index (χ3n) is 5.19. The van der Waals surface area contributed by atoms with Crippen LogP contribution in [0.2, 0.25) is 0 Å². The van der Waals surface area contributed by atoms with Crippen LogP contribution in [0.3, 0.4) is 0 Å². The van der Waals surface area contributed by atoms with Crippen LogP contribution in [0.25, 0.3) is 5.69 Å². The van der Waals surface area contributed by atoms with Crippen molar-refractivity contribution in [2.75, 3.05) is 18.4 Å². The average Bonchev–Trinajstić information content (AvgIpc) is 3.20. The SMILES string of the molecule is Cc1nnnn1-c1ccc(F)c(NC(=O)c2cccc(S(=O)(=O)N3CC(C)OC(C)C3)c2)c1. The van der Waals surface area contributed by atoms with Crippen molar-refractivity contribution in [2.45, 2.75) is 37.9 Å². The zero-order valence-electron chi connectivity index (χ0n) is 18.3. The lowest BCUT2D eigenvalue weighted by atomic mass is 10.2. The molecule has 0 bridgehead atoms. The van der Waals surface area contributed by atoms with E-state index >= 15 is 0 Å². The first-order valence-electron chi connectivity index (χ1n) is 10.3. The number of sulfonamides is 1. The minimum absolute atomic E-state index is 0.0185. The van der Waals surface area contributed by atoms with E-state index in [-0.39, 0.29) is 41.4 Å². The molecular formula is C21H23FN6O4S. The molecule has 1 amide bonds. The number of amides is 1. The molecule has 2 heterocycles. The topological polar surface area (TPSA) is 119 Å². The molecule has 0 saturated carbocycles. The molecule has 1 aliphatic rings. The largest absolute Gasteiger partial charge is 0.373 e. The Morgan fingerprint density at radius 2 is 1.88 bits per heavy atom. The van der Waals surface area contributed by atoms with Crippen molar-refractivity contribution >= 4 is 21.6 Å². The van der Waals surface area contributed by atoms with E-state index in [0.717, 1.165) is 0 Å². The maximum absolute atomic E-state index is 14.4. The smallest absolute Gasteiger partial charge is 0.255 e. The van der Waals surface area contributed by atoms with Gasteiger partial charge in [0.15, 0.2) is 5.82 Å². The van der Waals surface area contributed by atoms with Crippen LogP contribution in [0.5, 0.6) is 0 Å². The van der Waals surface area contributed by atoms with Crippen molar-refractivity contribution in [3.8, 4) is 5.69 Å². The van der Waals surface area contributed by atoms with Crippen molar-refractivity contribution in [1.29, 1.82) is 0 Å². The number of carbonyl (C=O) groups excluding carboxylic acids is 1. The molecule has 4 rings (SSSR count). The van der Waals surface area contributed by atoms with Crippen LogP contribution in [-0.2, 0) is 14.8 Å². The number of benzene rings is 2. The number of aromatic nitrogens is 4. The molecule has 1 fully saturated rings. The summed E-state index contributed by atoms with van der Waals surface area (Å²) >= 11 is 0. The van der Waals surface area contributed by atoms with Crippen LogP contribution < -0.4 is 5.32 Å². The number of carbonyl (C=O) groups is 1. The maximum Gasteiger partial charge on any atom is 0.255 e. The number of hydrogen-bond donors (Lipinski definition) is 1. The molecule has 0 radical (unpaired) electrons. The molecule has 174 valence electrons. The molecule has 1 aliphatic heterocycles. The van der Waals surface area contributed by atoms with Crippen molar-refractivity contribution in [3.63, 3.8) is 0 Å². The first-order valence-corrected chi connectivity index (χ1v) is 11.7. The Balaban J connectivity index is 1.58. The molecule has 1 saturated heterocycles. The zero-order chi connectivity index (χ0) is 23.8. The Kier molecular flexibility index (Phi) is 6.23. The number of nitrogens with one attached hydrogen (secondary N) is 1. The van der Waals surface area contributed by atoms with Gasteiger partial charge in [0, 0.05) is 18.7 Å². The first-order chi connectivity index (χ1) is 15.6. The second-order valence-electron chi connectivity index (χ2n) is 7.86. The number of halogens is 1. The third-order valence-corrected chi connectivity index (χ3v) is 7.02. The summed E-state index contributed by atoms with van der Waals surface area (Å²) in [7, 11) is -3.83. The van der Waals surface area contributed by atoms with Gasteiger partial charge in [0.1, 0.15) is 5.82 Å². The highest BCUT2D eigenvalue weighted by molar-refractivity contribution is 7.89. The summed E-state index contributed by atoms with van der Waals surface area (Å²) in [5.41, 5.74) is 0.450. The minimum atomic E-state index is -3.83. The second-order valence-corrected chi connectivity index (χ2v) is 9.80. The van der Waals surface area contributed by atoms with Crippen molar-refractivity contribution in [1.82, 2.24) is 24.5 Å². The van der Waals surface area contributed by atoms with Gasteiger partial charge < -0.3 is 10.1 Å². The molecule has 12 heteroatoms. The number of hydrogen-bond acceptors (Lipinski definition) is 7. The van der Waals surface area contributed by atoms with Gasteiger partial charge >= 0.3 is 0 Å². The molecule has 0 aliphatic carbocycles. The van der Waals surface area contributed by atoms with Gasteiger partial charge in [-0.05, 0) is 67.6 Å². The number of rotatable bonds is 5. The average molecular weight is 475 g/mol. The van der Waals surface area contributed by atoms with Crippen LogP contribution in [0, 0.1) is 12.7 Å². The van der Waals surface area contributed by atoms with E-state index in [1.807, 2.05) is 13.8 Å². The van der Waals surface area contributed by atoms with E-state index in [1.165, 1.54) is 51.5 Å². The lowest BCUT2D eigenvalue weighted by Gasteiger charge is -2.34. The van der Waals surface area contributed by atoms with Crippen molar-refractivity contribution in [3.05, 3.63) is 59.7 Å². The molecular weight excluding hydrogens is 451 g/mol. The van der Waals surface area contributed by atoms with E-state index < -0.39 is 21.7 Å². The number of ether oxygens (including phenoxy) is 1. The molecule has 0 spiro atoms. The highest BCUT2D eigenvalue weighted by Crippen LogP contribution is 2.23. The minimum Gasteiger partial charge on any atom is -0.373 e. The Bertz CT molecular complexity index is 1290. The lowest BCUT2D eigenvalue weighted by Crippen LogP contribution is -2.48. The van der Waals surface area contributed by atoms with E-state index in [9.17, 15) is 17.6 Å². The highest BCUT2D eigenvalue weighted by Gasteiger charge is 2.32. The molecule has 3 aromatic rings. The molecule has 1 aromatic heterocycles. The standard InChI is InChI=1S/C21H23FN6O4S/c1-13-11-27(12-14(2)32-13)33(30,31)18-6-4-5-16(9-18)21(29)23-20-10-17(7-8-19(20)22)28-15(3)24-25-26-28/h4-10,13-14H,11-12H2,1-3H3,(H,23,29). The van der Waals surface area contributed by atoms with Gasteiger partial charge in [-0.25, -0.2) is 12.8 Å². The van der Waals surface area contributed by atoms with Crippen LogP contribution >= 0.6 is 0 Å².